The van der Waals surface area contributed by atoms with Crippen LogP contribution in [0.4, 0.5) is 11.4 Å². The third-order valence-electron chi connectivity index (χ3n) is 4.50. The maximum Gasteiger partial charge on any atom is 0.262 e. The number of anilines is 2. The largest absolute Gasteiger partial charge is 0.497 e. The number of piperazine rings is 1. The molecule has 0 aliphatic carbocycles. The fourth-order valence-electron chi connectivity index (χ4n) is 2.91. The van der Waals surface area contributed by atoms with Gasteiger partial charge in [-0.1, -0.05) is 11.6 Å². The highest BCUT2D eigenvalue weighted by atomic mass is 35.5. The summed E-state index contributed by atoms with van der Waals surface area (Å²) in [6, 6.07) is 12.7. The quantitative estimate of drug-likeness (QED) is 0.822. The maximum absolute atomic E-state index is 12.1. The third-order valence-corrected chi connectivity index (χ3v) is 4.81. The topological polar surface area (TPSA) is 54.0 Å². The van der Waals surface area contributed by atoms with Gasteiger partial charge in [0.1, 0.15) is 11.5 Å². The number of carbonyl (C=O) groups is 1. The van der Waals surface area contributed by atoms with E-state index in [4.69, 9.17) is 21.1 Å². The lowest BCUT2D eigenvalue weighted by Gasteiger charge is -2.34. The first-order chi connectivity index (χ1) is 13.0. The highest BCUT2D eigenvalue weighted by Crippen LogP contribution is 2.29. The molecule has 1 heterocycles. The molecule has 0 bridgehead atoms. The number of nitrogens with one attached hydrogen (secondary N) is 1. The predicted molar refractivity (Wildman–Crippen MR) is 108 cm³/mol. The molecule has 0 saturated carbocycles. The Labute approximate surface area is 164 Å². The Morgan fingerprint density at radius 1 is 1.07 bits per heavy atom. The predicted octanol–water partition coefficient (Wildman–Crippen LogP) is 3.12. The number of amides is 1. The highest BCUT2D eigenvalue weighted by molar-refractivity contribution is 6.33. The number of benzene rings is 2. The Bertz CT molecular complexity index is 775. The van der Waals surface area contributed by atoms with Gasteiger partial charge < -0.3 is 24.6 Å². The summed E-state index contributed by atoms with van der Waals surface area (Å²) in [6.45, 7) is 3.83. The Morgan fingerprint density at radius 3 is 2.37 bits per heavy atom. The number of halogens is 1. The van der Waals surface area contributed by atoms with E-state index in [-0.39, 0.29) is 12.5 Å². The van der Waals surface area contributed by atoms with Crippen molar-refractivity contribution >= 4 is 28.9 Å². The van der Waals surface area contributed by atoms with Crippen LogP contribution in [0.2, 0.25) is 5.02 Å². The summed E-state index contributed by atoms with van der Waals surface area (Å²) >= 11 is 6.43. The summed E-state index contributed by atoms with van der Waals surface area (Å²) in [5.41, 5.74) is 1.65. The molecule has 7 heteroatoms. The fourth-order valence-corrected chi connectivity index (χ4v) is 3.21. The molecule has 0 spiro atoms. The van der Waals surface area contributed by atoms with Crippen LogP contribution in [0.3, 0.4) is 0 Å². The molecule has 0 unspecified atom stereocenters. The minimum atomic E-state index is -0.241. The van der Waals surface area contributed by atoms with Crippen LogP contribution < -0.4 is 19.7 Å². The second-order valence-electron chi connectivity index (χ2n) is 6.47. The van der Waals surface area contributed by atoms with E-state index < -0.39 is 0 Å². The van der Waals surface area contributed by atoms with E-state index in [0.29, 0.717) is 16.5 Å². The second kappa shape index (κ2) is 8.97. The number of ether oxygens (including phenoxy) is 2. The van der Waals surface area contributed by atoms with Crippen molar-refractivity contribution in [1.82, 2.24) is 4.90 Å². The molecule has 6 nitrogen and oxygen atoms in total. The van der Waals surface area contributed by atoms with Gasteiger partial charge in [0, 0.05) is 31.9 Å². The van der Waals surface area contributed by atoms with Crippen molar-refractivity contribution < 1.29 is 14.3 Å². The van der Waals surface area contributed by atoms with Gasteiger partial charge in [-0.2, -0.15) is 0 Å². The zero-order valence-corrected chi connectivity index (χ0v) is 16.3. The first-order valence-electron chi connectivity index (χ1n) is 8.85. The number of hydrogen-bond donors (Lipinski definition) is 1. The third kappa shape index (κ3) is 5.28. The number of carbonyl (C=O) groups excluding carboxylic acids is 1. The molecule has 0 aromatic heterocycles. The lowest BCUT2D eigenvalue weighted by atomic mass is 10.2. The lowest BCUT2D eigenvalue weighted by Crippen LogP contribution is -2.44. The molecule has 1 aliphatic heterocycles. The molecule has 1 fully saturated rings. The van der Waals surface area contributed by atoms with E-state index >= 15 is 0 Å². The number of rotatable bonds is 6. The number of methoxy groups -OCH3 is 1. The molecule has 1 saturated heterocycles. The summed E-state index contributed by atoms with van der Waals surface area (Å²) in [5, 5.41) is 3.45. The van der Waals surface area contributed by atoms with Gasteiger partial charge in [0.05, 0.1) is 17.8 Å². The van der Waals surface area contributed by atoms with Crippen LogP contribution in [0.15, 0.2) is 42.5 Å². The van der Waals surface area contributed by atoms with E-state index in [1.165, 1.54) is 0 Å². The Kier molecular flexibility index (Phi) is 6.42. The average molecular weight is 390 g/mol. The molecular formula is C20H24ClN3O3. The molecule has 2 aromatic carbocycles. The van der Waals surface area contributed by atoms with Crippen molar-refractivity contribution in [2.24, 2.45) is 0 Å². The Morgan fingerprint density at radius 2 is 1.74 bits per heavy atom. The summed E-state index contributed by atoms with van der Waals surface area (Å²) in [6.07, 6.45) is 0. The first kappa shape index (κ1) is 19.3. The van der Waals surface area contributed by atoms with E-state index in [0.717, 1.165) is 37.6 Å². The van der Waals surface area contributed by atoms with Gasteiger partial charge in [-0.05, 0) is 49.5 Å². The zero-order valence-electron chi connectivity index (χ0n) is 15.6. The Balaban J connectivity index is 1.53. The number of likely N-dealkylation sites (N-methyl/N-ethyl adjacent to an activating group) is 1. The maximum atomic E-state index is 12.1. The van der Waals surface area contributed by atoms with Crippen LogP contribution in [0.25, 0.3) is 0 Å². The molecule has 1 amide bonds. The van der Waals surface area contributed by atoms with Crippen LogP contribution in [0.1, 0.15) is 0 Å². The van der Waals surface area contributed by atoms with Gasteiger partial charge in [0.25, 0.3) is 5.91 Å². The van der Waals surface area contributed by atoms with Crippen molar-refractivity contribution in [2.75, 3.05) is 57.2 Å². The summed E-state index contributed by atoms with van der Waals surface area (Å²) in [5.74, 6) is 1.10. The van der Waals surface area contributed by atoms with Crippen LogP contribution in [0, 0.1) is 0 Å². The highest BCUT2D eigenvalue weighted by Gasteiger charge is 2.17. The minimum absolute atomic E-state index is 0.0792. The van der Waals surface area contributed by atoms with Crippen molar-refractivity contribution in [1.29, 1.82) is 0 Å². The second-order valence-corrected chi connectivity index (χ2v) is 6.88. The van der Waals surface area contributed by atoms with E-state index in [2.05, 4.69) is 22.2 Å². The molecule has 2 aromatic rings. The van der Waals surface area contributed by atoms with Gasteiger partial charge in [-0.15, -0.1) is 0 Å². The zero-order chi connectivity index (χ0) is 19.2. The molecule has 0 atom stereocenters. The average Bonchev–Trinajstić information content (AvgIpc) is 2.68. The van der Waals surface area contributed by atoms with Gasteiger partial charge in [-0.25, -0.2) is 0 Å². The first-order valence-corrected chi connectivity index (χ1v) is 9.22. The van der Waals surface area contributed by atoms with Crippen molar-refractivity contribution in [3.63, 3.8) is 0 Å². The molecule has 0 radical (unpaired) electrons. The van der Waals surface area contributed by atoms with Crippen LogP contribution in [-0.4, -0.2) is 57.8 Å². The van der Waals surface area contributed by atoms with Gasteiger partial charge in [0.15, 0.2) is 6.61 Å². The molecule has 144 valence electrons. The molecule has 3 rings (SSSR count). The van der Waals surface area contributed by atoms with Gasteiger partial charge in [0.2, 0.25) is 0 Å². The summed E-state index contributed by atoms with van der Waals surface area (Å²) in [7, 11) is 3.72. The fraction of sp³-hybridized carbons (Fsp3) is 0.350. The molecule has 27 heavy (non-hydrogen) atoms. The van der Waals surface area contributed by atoms with E-state index in [1.807, 2.05) is 12.1 Å². The minimum Gasteiger partial charge on any atom is -0.497 e. The summed E-state index contributed by atoms with van der Waals surface area (Å²) in [4.78, 5) is 16.7. The number of nitrogens with zero attached hydrogens (tertiary/aromatic N) is 2. The Hall–Kier alpha value is -2.44. The van der Waals surface area contributed by atoms with Crippen LogP contribution in [-0.2, 0) is 4.79 Å². The van der Waals surface area contributed by atoms with Crippen LogP contribution in [0.5, 0.6) is 11.5 Å². The van der Waals surface area contributed by atoms with Gasteiger partial charge in [-0.3, -0.25) is 4.79 Å². The van der Waals surface area contributed by atoms with Crippen molar-refractivity contribution in [3.05, 3.63) is 47.5 Å². The number of hydrogen-bond acceptors (Lipinski definition) is 5. The SMILES string of the molecule is COc1ccc(OCC(=O)Nc2ccc(N3CCN(C)CC3)c(Cl)c2)cc1. The van der Waals surface area contributed by atoms with Crippen molar-refractivity contribution in [2.45, 2.75) is 0 Å². The smallest absolute Gasteiger partial charge is 0.262 e. The molecule has 1 N–H and O–H groups in total. The van der Waals surface area contributed by atoms with Gasteiger partial charge >= 0.3 is 0 Å². The normalized spacial score (nSPS) is 14.7. The van der Waals surface area contributed by atoms with Crippen LogP contribution >= 0.6 is 11.6 Å². The standard InChI is InChI=1S/C20H24ClN3O3/c1-23-9-11-24(12-10-23)19-8-3-15(13-18(19)21)22-20(25)14-27-17-6-4-16(26-2)5-7-17/h3-8,13H,9-12,14H2,1-2H3,(H,22,25). The molecule has 1 aliphatic rings. The van der Waals surface area contributed by atoms with Crippen molar-refractivity contribution in [3.8, 4) is 11.5 Å². The summed E-state index contributed by atoms with van der Waals surface area (Å²) < 4.78 is 10.6. The van der Waals surface area contributed by atoms with E-state index in [9.17, 15) is 4.79 Å². The van der Waals surface area contributed by atoms with E-state index in [1.54, 1.807) is 37.4 Å². The lowest BCUT2D eigenvalue weighted by molar-refractivity contribution is -0.118. The molecular weight excluding hydrogens is 366 g/mol. The monoisotopic (exact) mass is 389 g/mol.